The average Bonchev–Trinajstić information content (AvgIpc) is 3.14. The predicted octanol–water partition coefficient (Wildman–Crippen LogP) is 4.24. The quantitative estimate of drug-likeness (QED) is 0.714. The predicted molar refractivity (Wildman–Crippen MR) is 116 cm³/mol. The van der Waals surface area contributed by atoms with Crippen LogP contribution in [-0.4, -0.2) is 25.1 Å². The number of rotatable bonds is 7. The third-order valence-corrected chi connectivity index (χ3v) is 7.21. The van der Waals surface area contributed by atoms with Crippen LogP contribution in [0.15, 0.2) is 52.2 Å². The Morgan fingerprint density at radius 3 is 2.38 bits per heavy atom. The molecule has 0 fully saturated rings. The van der Waals surface area contributed by atoms with Crippen LogP contribution < -0.4 is 5.32 Å². The molecule has 1 aromatic carbocycles. The summed E-state index contributed by atoms with van der Waals surface area (Å²) in [6.45, 7) is 7.99. The number of hydrogen-bond donors (Lipinski definition) is 2. The summed E-state index contributed by atoms with van der Waals surface area (Å²) in [5.74, 6) is -0.308. The van der Waals surface area contributed by atoms with Crippen LogP contribution >= 0.6 is 0 Å². The highest BCUT2D eigenvalue weighted by atomic mass is 32.2. The molecule has 0 aliphatic carbocycles. The number of carbonyl (C=O) groups is 1. The molecule has 1 aliphatic heterocycles. The topological polar surface area (TPSA) is 79.0 Å². The smallest absolute Gasteiger partial charge is 0.251 e. The van der Waals surface area contributed by atoms with Crippen molar-refractivity contribution in [1.82, 2.24) is 10.3 Å². The van der Waals surface area contributed by atoms with Crippen molar-refractivity contribution in [2.24, 2.45) is 0 Å². The third-order valence-electron chi connectivity index (χ3n) is 5.48. The van der Waals surface area contributed by atoms with Gasteiger partial charge >= 0.3 is 0 Å². The molecule has 0 radical (unpaired) electrons. The van der Waals surface area contributed by atoms with Crippen molar-refractivity contribution in [2.75, 3.05) is 5.75 Å². The first-order valence-corrected chi connectivity index (χ1v) is 11.6. The zero-order valence-corrected chi connectivity index (χ0v) is 18.2. The van der Waals surface area contributed by atoms with Gasteiger partial charge in [0.25, 0.3) is 5.91 Å². The first kappa shape index (κ1) is 21.1. The van der Waals surface area contributed by atoms with Gasteiger partial charge in [0, 0.05) is 23.2 Å². The lowest BCUT2D eigenvalue weighted by molar-refractivity contribution is -0.116. The minimum Gasteiger partial charge on any atom is -0.361 e. The fraction of sp³-hybridized carbons (Fsp3) is 0.348. The van der Waals surface area contributed by atoms with Crippen molar-refractivity contribution in [3.63, 3.8) is 0 Å². The molecular weight excluding hydrogens is 384 g/mol. The highest BCUT2D eigenvalue weighted by molar-refractivity contribution is 7.91. The van der Waals surface area contributed by atoms with E-state index in [2.05, 4.69) is 24.1 Å². The van der Waals surface area contributed by atoms with Gasteiger partial charge in [-0.05, 0) is 68.5 Å². The van der Waals surface area contributed by atoms with Gasteiger partial charge in [0.1, 0.15) is 0 Å². The standard InChI is InChI=1S/C23H28N2O3S/c1-5-6-18-14-24-21(16(18)3)13-22-17(4)20(23(26)25-22)11-12-29(27,28)19-9-7-15(2)8-10-19/h7-10,13-14,24H,5-6,11-12H2,1-4H3,(H,25,26)/b22-13-. The summed E-state index contributed by atoms with van der Waals surface area (Å²) in [5.41, 5.74) is 6.49. The molecule has 1 aliphatic rings. The largest absolute Gasteiger partial charge is 0.361 e. The Morgan fingerprint density at radius 2 is 1.72 bits per heavy atom. The van der Waals surface area contributed by atoms with E-state index in [4.69, 9.17) is 0 Å². The number of hydrogen-bond acceptors (Lipinski definition) is 3. The zero-order valence-electron chi connectivity index (χ0n) is 17.4. The number of nitrogens with one attached hydrogen (secondary N) is 2. The fourth-order valence-electron chi connectivity index (χ4n) is 3.55. The number of carbonyl (C=O) groups excluding carboxylic acids is 1. The van der Waals surface area contributed by atoms with Gasteiger partial charge < -0.3 is 10.3 Å². The lowest BCUT2D eigenvalue weighted by Gasteiger charge is -2.05. The fourth-order valence-corrected chi connectivity index (χ4v) is 4.81. The molecular formula is C23H28N2O3S. The molecule has 29 heavy (non-hydrogen) atoms. The van der Waals surface area contributed by atoms with Crippen molar-refractivity contribution in [3.05, 3.63) is 69.7 Å². The van der Waals surface area contributed by atoms with Gasteiger partial charge in [-0.25, -0.2) is 8.42 Å². The first-order valence-electron chi connectivity index (χ1n) is 9.92. The maximum absolute atomic E-state index is 12.6. The number of aromatic nitrogens is 1. The summed E-state index contributed by atoms with van der Waals surface area (Å²) < 4.78 is 25.2. The number of allylic oxidation sites excluding steroid dienone is 1. The van der Waals surface area contributed by atoms with E-state index in [-0.39, 0.29) is 18.1 Å². The Bertz CT molecular complexity index is 1090. The maximum atomic E-state index is 12.6. The zero-order chi connectivity index (χ0) is 21.2. The van der Waals surface area contributed by atoms with Gasteiger partial charge in [0.15, 0.2) is 9.84 Å². The van der Waals surface area contributed by atoms with Crippen LogP contribution in [0, 0.1) is 13.8 Å². The Hall–Kier alpha value is -2.60. The summed E-state index contributed by atoms with van der Waals surface area (Å²) in [7, 11) is -3.44. The average molecular weight is 413 g/mol. The van der Waals surface area contributed by atoms with Gasteiger partial charge in [0.05, 0.1) is 10.6 Å². The van der Waals surface area contributed by atoms with Crippen molar-refractivity contribution >= 4 is 21.8 Å². The molecule has 1 amide bonds. The van der Waals surface area contributed by atoms with Crippen LogP contribution in [0.2, 0.25) is 0 Å². The Morgan fingerprint density at radius 1 is 1.03 bits per heavy atom. The van der Waals surface area contributed by atoms with Crippen molar-refractivity contribution < 1.29 is 13.2 Å². The number of aryl methyl sites for hydroxylation is 2. The van der Waals surface area contributed by atoms with E-state index >= 15 is 0 Å². The molecule has 2 aromatic rings. The third kappa shape index (κ3) is 4.53. The van der Waals surface area contributed by atoms with Gasteiger partial charge in [-0.1, -0.05) is 31.0 Å². The molecule has 1 aromatic heterocycles. The molecule has 5 nitrogen and oxygen atoms in total. The van der Waals surface area contributed by atoms with E-state index in [1.807, 2.05) is 26.1 Å². The first-order chi connectivity index (χ1) is 13.7. The highest BCUT2D eigenvalue weighted by Gasteiger charge is 2.26. The minimum absolute atomic E-state index is 0.0917. The van der Waals surface area contributed by atoms with Crippen LogP contribution in [0.4, 0.5) is 0 Å². The molecule has 2 N–H and O–H groups in total. The van der Waals surface area contributed by atoms with Crippen LogP contribution in [0.3, 0.4) is 0 Å². The molecule has 0 atom stereocenters. The van der Waals surface area contributed by atoms with Crippen molar-refractivity contribution in [2.45, 2.75) is 51.9 Å². The summed E-state index contributed by atoms with van der Waals surface area (Å²) in [6, 6.07) is 6.81. The van der Waals surface area contributed by atoms with Crippen LogP contribution in [0.5, 0.6) is 0 Å². The summed E-state index contributed by atoms with van der Waals surface area (Å²) in [5, 5.41) is 2.89. The van der Waals surface area contributed by atoms with Crippen LogP contribution in [-0.2, 0) is 21.1 Å². The number of benzene rings is 1. The second-order valence-corrected chi connectivity index (χ2v) is 9.71. The molecule has 2 heterocycles. The normalized spacial score (nSPS) is 16.0. The monoisotopic (exact) mass is 412 g/mol. The highest BCUT2D eigenvalue weighted by Crippen LogP contribution is 2.27. The van der Waals surface area contributed by atoms with Gasteiger partial charge in [-0.15, -0.1) is 0 Å². The lowest BCUT2D eigenvalue weighted by atomic mass is 10.1. The number of aromatic amines is 1. The Kier molecular flexibility index (Phi) is 6.13. The van der Waals surface area contributed by atoms with E-state index in [1.54, 1.807) is 24.3 Å². The maximum Gasteiger partial charge on any atom is 0.251 e. The Balaban J connectivity index is 1.80. The second-order valence-electron chi connectivity index (χ2n) is 7.60. The molecule has 0 unspecified atom stereocenters. The van der Waals surface area contributed by atoms with E-state index in [0.717, 1.165) is 35.4 Å². The molecule has 154 valence electrons. The molecule has 0 spiro atoms. The van der Waals surface area contributed by atoms with E-state index in [0.29, 0.717) is 10.5 Å². The van der Waals surface area contributed by atoms with Crippen LogP contribution in [0.25, 0.3) is 6.08 Å². The van der Waals surface area contributed by atoms with Crippen molar-refractivity contribution in [1.29, 1.82) is 0 Å². The van der Waals surface area contributed by atoms with Crippen molar-refractivity contribution in [3.8, 4) is 0 Å². The molecule has 3 rings (SSSR count). The molecule has 0 bridgehead atoms. The van der Waals surface area contributed by atoms with E-state index in [9.17, 15) is 13.2 Å². The number of amides is 1. The number of H-pyrrole nitrogens is 1. The lowest BCUT2D eigenvalue weighted by Crippen LogP contribution is -2.18. The van der Waals surface area contributed by atoms with Gasteiger partial charge in [-0.3, -0.25) is 4.79 Å². The van der Waals surface area contributed by atoms with E-state index < -0.39 is 9.84 Å². The Labute approximate surface area is 172 Å². The molecule has 0 saturated carbocycles. The summed E-state index contributed by atoms with van der Waals surface area (Å²) >= 11 is 0. The van der Waals surface area contributed by atoms with E-state index in [1.165, 1.54) is 11.1 Å². The minimum atomic E-state index is -3.44. The van der Waals surface area contributed by atoms with Gasteiger partial charge in [0.2, 0.25) is 0 Å². The SMILES string of the molecule is CCCc1c[nH]c(/C=C2\NC(=O)C(CCS(=O)(=O)c3ccc(C)cc3)=C2C)c1C. The van der Waals surface area contributed by atoms with Crippen LogP contribution in [0.1, 0.15) is 49.1 Å². The molecule has 0 saturated heterocycles. The van der Waals surface area contributed by atoms with Gasteiger partial charge in [-0.2, -0.15) is 0 Å². The molecule has 6 heteroatoms. The second kappa shape index (κ2) is 8.41. The summed E-state index contributed by atoms with van der Waals surface area (Å²) in [6.07, 6.45) is 6.22. The number of sulfone groups is 1. The summed E-state index contributed by atoms with van der Waals surface area (Å²) in [4.78, 5) is 16.0.